The van der Waals surface area contributed by atoms with Crippen molar-refractivity contribution in [1.82, 2.24) is 0 Å². The van der Waals surface area contributed by atoms with Crippen LogP contribution in [-0.2, 0) is 4.79 Å². The van der Waals surface area contributed by atoms with Crippen molar-refractivity contribution in [3.63, 3.8) is 0 Å². The third-order valence-electron chi connectivity index (χ3n) is 3.36. The van der Waals surface area contributed by atoms with E-state index in [9.17, 15) is 9.59 Å². The lowest BCUT2D eigenvalue weighted by atomic mass is 10.0. The number of nitrogens with zero attached hydrogens (tertiary/aromatic N) is 1. The fourth-order valence-corrected chi connectivity index (χ4v) is 2.22. The molecule has 0 unspecified atom stereocenters. The third kappa shape index (κ3) is 1.80. The predicted molar refractivity (Wildman–Crippen MR) is 70.7 cm³/mol. The highest BCUT2D eigenvalue weighted by atomic mass is 16.2. The van der Waals surface area contributed by atoms with Gasteiger partial charge in [0.25, 0.3) is 11.7 Å². The van der Waals surface area contributed by atoms with Gasteiger partial charge in [-0.25, -0.2) is 0 Å². The van der Waals surface area contributed by atoms with E-state index in [1.165, 1.54) is 0 Å². The molecule has 1 heterocycles. The second kappa shape index (κ2) is 4.66. The molecule has 3 nitrogen and oxygen atoms in total. The van der Waals surface area contributed by atoms with Crippen LogP contribution in [0.4, 0.5) is 5.69 Å². The summed E-state index contributed by atoms with van der Waals surface area (Å²) in [6, 6.07) is 3.61. The molecule has 0 spiro atoms. The lowest BCUT2D eigenvalue weighted by molar-refractivity contribution is -0.114. The minimum absolute atomic E-state index is 0.409. The summed E-state index contributed by atoms with van der Waals surface area (Å²) in [6.45, 7) is 4.42. The molecule has 0 radical (unpaired) electrons. The normalized spacial score (nSPS) is 13.7. The number of amides is 1. The van der Waals surface area contributed by atoms with Gasteiger partial charge in [0.15, 0.2) is 0 Å². The Morgan fingerprint density at radius 3 is 2.67 bits per heavy atom. The molecule has 1 aliphatic rings. The quantitative estimate of drug-likeness (QED) is 0.462. The second-order valence-corrected chi connectivity index (χ2v) is 4.50. The maximum atomic E-state index is 11.9. The third-order valence-corrected chi connectivity index (χ3v) is 3.36. The van der Waals surface area contributed by atoms with Crippen LogP contribution in [0.2, 0.25) is 0 Å². The molecule has 0 saturated heterocycles. The molecule has 2 rings (SSSR count). The van der Waals surface area contributed by atoms with Gasteiger partial charge < -0.3 is 4.90 Å². The molecule has 3 heteroatoms. The Kier molecular flexibility index (Phi) is 3.20. The van der Waals surface area contributed by atoms with Crippen molar-refractivity contribution < 1.29 is 9.59 Å². The zero-order chi connectivity index (χ0) is 13.3. The van der Waals surface area contributed by atoms with Crippen molar-refractivity contribution in [3.05, 3.63) is 28.8 Å². The van der Waals surface area contributed by atoms with Gasteiger partial charge >= 0.3 is 0 Å². The van der Waals surface area contributed by atoms with Crippen LogP contribution in [-0.4, -0.2) is 18.2 Å². The second-order valence-electron chi connectivity index (χ2n) is 4.50. The van der Waals surface area contributed by atoms with E-state index in [0.29, 0.717) is 24.9 Å². The Morgan fingerprint density at radius 1 is 1.28 bits per heavy atom. The number of ketones is 1. The first-order chi connectivity index (χ1) is 8.57. The molecule has 0 N–H and O–H groups in total. The molecule has 0 aliphatic carbocycles. The Hall–Kier alpha value is -2.08. The number of carbonyl (C=O) groups is 2. The molecule has 0 saturated carbocycles. The van der Waals surface area contributed by atoms with E-state index in [2.05, 4.69) is 5.92 Å². The maximum Gasteiger partial charge on any atom is 0.299 e. The summed E-state index contributed by atoms with van der Waals surface area (Å²) in [7, 11) is 0. The highest BCUT2D eigenvalue weighted by Gasteiger charge is 2.36. The molecule has 0 aromatic heterocycles. The van der Waals surface area contributed by atoms with Gasteiger partial charge in [0.1, 0.15) is 0 Å². The summed E-state index contributed by atoms with van der Waals surface area (Å²) in [4.78, 5) is 25.4. The van der Waals surface area contributed by atoms with Gasteiger partial charge in [0.2, 0.25) is 0 Å². The first-order valence-corrected chi connectivity index (χ1v) is 5.97. The van der Waals surface area contributed by atoms with Gasteiger partial charge in [-0.3, -0.25) is 9.59 Å². The number of unbranched alkanes of at least 4 members (excludes halogenated alkanes) is 1. The Bertz CT molecular complexity index is 567. The first-order valence-electron chi connectivity index (χ1n) is 5.97. The number of anilines is 1. The van der Waals surface area contributed by atoms with Crippen molar-refractivity contribution in [1.29, 1.82) is 0 Å². The highest BCUT2D eigenvalue weighted by Crippen LogP contribution is 2.34. The standard InChI is InChI=1S/C15H15NO2/c1-4-5-6-9-16-13-11(3)10(2)7-8-12(13)14(17)15(16)18/h1,7-8H,5-6,9H2,2-3H3. The van der Waals surface area contributed by atoms with Crippen molar-refractivity contribution in [2.24, 2.45) is 0 Å². The van der Waals surface area contributed by atoms with E-state index < -0.39 is 11.7 Å². The van der Waals surface area contributed by atoms with Gasteiger partial charge in [-0.2, -0.15) is 0 Å². The smallest absolute Gasteiger partial charge is 0.299 e. The van der Waals surface area contributed by atoms with Crippen molar-refractivity contribution in [3.8, 4) is 12.3 Å². The molecule has 1 aromatic rings. The number of terminal acetylenes is 1. The topological polar surface area (TPSA) is 37.4 Å². The molecular weight excluding hydrogens is 226 g/mol. The lowest BCUT2D eigenvalue weighted by Gasteiger charge is -2.18. The summed E-state index contributed by atoms with van der Waals surface area (Å²) in [5.41, 5.74) is 3.36. The van der Waals surface area contributed by atoms with Gasteiger partial charge in [0, 0.05) is 13.0 Å². The van der Waals surface area contributed by atoms with E-state index in [0.717, 1.165) is 16.8 Å². The number of fused-ring (bicyclic) bond motifs is 1. The van der Waals surface area contributed by atoms with Gasteiger partial charge in [0.05, 0.1) is 11.3 Å². The van der Waals surface area contributed by atoms with Crippen molar-refractivity contribution >= 4 is 17.4 Å². The highest BCUT2D eigenvalue weighted by molar-refractivity contribution is 6.52. The zero-order valence-corrected chi connectivity index (χ0v) is 10.6. The Labute approximate surface area is 107 Å². The maximum absolute atomic E-state index is 11.9. The fourth-order valence-electron chi connectivity index (χ4n) is 2.22. The van der Waals surface area contributed by atoms with Crippen LogP contribution in [0.15, 0.2) is 12.1 Å². The monoisotopic (exact) mass is 241 g/mol. The van der Waals surface area contributed by atoms with Crippen LogP contribution in [0, 0.1) is 26.2 Å². The largest absolute Gasteiger partial charge is 0.304 e. The Morgan fingerprint density at radius 2 is 2.00 bits per heavy atom. The molecule has 92 valence electrons. The van der Waals surface area contributed by atoms with E-state index in [-0.39, 0.29) is 0 Å². The number of hydrogen-bond acceptors (Lipinski definition) is 2. The molecule has 0 bridgehead atoms. The number of aryl methyl sites for hydroxylation is 1. The van der Waals surface area contributed by atoms with E-state index >= 15 is 0 Å². The summed E-state index contributed by atoms with van der Waals surface area (Å²) in [6.07, 6.45) is 6.52. The van der Waals surface area contributed by atoms with Crippen molar-refractivity contribution in [2.75, 3.05) is 11.4 Å². The minimum Gasteiger partial charge on any atom is -0.304 e. The average Bonchev–Trinajstić information content (AvgIpc) is 2.60. The number of hydrogen-bond donors (Lipinski definition) is 0. The minimum atomic E-state index is -0.435. The average molecular weight is 241 g/mol. The van der Waals surface area contributed by atoms with E-state index in [1.807, 2.05) is 19.9 Å². The van der Waals surface area contributed by atoms with Gasteiger partial charge in [-0.05, 0) is 37.5 Å². The van der Waals surface area contributed by atoms with E-state index in [4.69, 9.17) is 6.42 Å². The number of Topliss-reactive ketones (excluding diaryl/α,β-unsaturated/α-hetero) is 1. The van der Waals surface area contributed by atoms with Crippen LogP contribution in [0.3, 0.4) is 0 Å². The number of benzene rings is 1. The van der Waals surface area contributed by atoms with Crippen LogP contribution in [0.1, 0.15) is 34.3 Å². The van der Waals surface area contributed by atoms with Crippen LogP contribution < -0.4 is 4.90 Å². The zero-order valence-electron chi connectivity index (χ0n) is 10.6. The van der Waals surface area contributed by atoms with Crippen molar-refractivity contribution in [2.45, 2.75) is 26.7 Å². The van der Waals surface area contributed by atoms with E-state index in [1.54, 1.807) is 11.0 Å². The first kappa shape index (κ1) is 12.4. The predicted octanol–water partition coefficient (Wildman–Crippen LogP) is 2.25. The molecule has 0 fully saturated rings. The van der Waals surface area contributed by atoms with Crippen LogP contribution in [0.25, 0.3) is 0 Å². The molecule has 1 amide bonds. The molecular formula is C15H15NO2. The molecule has 1 aromatic carbocycles. The SMILES string of the molecule is C#CCCCN1C(=O)C(=O)c2ccc(C)c(C)c21. The van der Waals surface area contributed by atoms with Crippen LogP contribution >= 0.6 is 0 Å². The Balaban J connectivity index is 2.41. The summed E-state index contributed by atoms with van der Waals surface area (Å²) >= 11 is 0. The van der Waals surface area contributed by atoms with Crippen LogP contribution in [0.5, 0.6) is 0 Å². The summed E-state index contributed by atoms with van der Waals surface area (Å²) < 4.78 is 0. The van der Waals surface area contributed by atoms with Gasteiger partial charge in [-0.1, -0.05) is 6.07 Å². The van der Waals surface area contributed by atoms with Gasteiger partial charge in [-0.15, -0.1) is 12.3 Å². The fraction of sp³-hybridized carbons (Fsp3) is 0.333. The number of rotatable bonds is 3. The molecule has 1 aliphatic heterocycles. The summed E-state index contributed by atoms with van der Waals surface area (Å²) in [5, 5.41) is 0. The molecule has 0 atom stereocenters. The number of carbonyl (C=O) groups excluding carboxylic acids is 2. The lowest BCUT2D eigenvalue weighted by Crippen LogP contribution is -2.31. The summed E-state index contributed by atoms with van der Waals surface area (Å²) in [5.74, 6) is 1.70. The molecule has 18 heavy (non-hydrogen) atoms.